The van der Waals surface area contributed by atoms with E-state index in [9.17, 15) is 4.79 Å². The van der Waals surface area contributed by atoms with E-state index >= 15 is 0 Å². The quantitative estimate of drug-likeness (QED) is 0.558. The van der Waals surface area contributed by atoms with Crippen LogP contribution in [-0.2, 0) is 0 Å². The standard InChI is InChI=1S/C23H22N4O/c1-14-11-15(2)22(16(3)12-14)26-23(28)19-13-24-27(17(19)4)21-10-9-18-7-5-6-8-20(18)25-21/h5-13H,1-4H3,(H,26,28). The molecule has 0 aliphatic carbocycles. The van der Waals surface area contributed by atoms with Crippen molar-refractivity contribution in [2.75, 3.05) is 5.32 Å². The van der Waals surface area contributed by atoms with Crippen molar-refractivity contribution in [2.24, 2.45) is 0 Å². The second-order valence-electron chi connectivity index (χ2n) is 7.15. The van der Waals surface area contributed by atoms with Gasteiger partial charge in [-0.05, 0) is 57.0 Å². The van der Waals surface area contributed by atoms with E-state index in [4.69, 9.17) is 0 Å². The van der Waals surface area contributed by atoms with Crippen molar-refractivity contribution >= 4 is 22.5 Å². The largest absolute Gasteiger partial charge is 0.321 e. The number of fused-ring (bicyclic) bond motifs is 1. The van der Waals surface area contributed by atoms with Gasteiger partial charge in [0.1, 0.15) is 0 Å². The van der Waals surface area contributed by atoms with Crippen molar-refractivity contribution < 1.29 is 4.79 Å². The summed E-state index contributed by atoms with van der Waals surface area (Å²) in [6.07, 6.45) is 1.60. The number of para-hydroxylation sites is 1. The number of anilines is 1. The summed E-state index contributed by atoms with van der Waals surface area (Å²) < 4.78 is 1.70. The monoisotopic (exact) mass is 370 g/mol. The lowest BCUT2D eigenvalue weighted by molar-refractivity contribution is 0.102. The Morgan fingerprint density at radius 1 is 0.964 bits per heavy atom. The third-order valence-electron chi connectivity index (χ3n) is 4.97. The van der Waals surface area contributed by atoms with Gasteiger partial charge < -0.3 is 5.32 Å². The van der Waals surface area contributed by atoms with Crippen molar-refractivity contribution in [3.63, 3.8) is 0 Å². The van der Waals surface area contributed by atoms with Crippen LogP contribution < -0.4 is 5.32 Å². The number of hydrogen-bond donors (Lipinski definition) is 1. The molecule has 2 aromatic heterocycles. The lowest BCUT2D eigenvalue weighted by Gasteiger charge is -2.13. The molecule has 0 radical (unpaired) electrons. The molecule has 2 heterocycles. The second kappa shape index (κ2) is 6.93. The summed E-state index contributed by atoms with van der Waals surface area (Å²) in [6, 6.07) is 16.0. The highest BCUT2D eigenvalue weighted by Crippen LogP contribution is 2.24. The number of nitrogens with one attached hydrogen (secondary N) is 1. The van der Waals surface area contributed by atoms with Gasteiger partial charge >= 0.3 is 0 Å². The highest BCUT2D eigenvalue weighted by molar-refractivity contribution is 6.05. The Kier molecular flexibility index (Phi) is 4.43. The summed E-state index contributed by atoms with van der Waals surface area (Å²) in [4.78, 5) is 17.6. The van der Waals surface area contributed by atoms with Gasteiger partial charge in [-0.15, -0.1) is 0 Å². The number of nitrogens with zero attached hydrogens (tertiary/aromatic N) is 3. The van der Waals surface area contributed by atoms with E-state index in [1.807, 2.05) is 57.2 Å². The van der Waals surface area contributed by atoms with Gasteiger partial charge in [-0.25, -0.2) is 9.67 Å². The lowest BCUT2D eigenvalue weighted by atomic mass is 10.0. The van der Waals surface area contributed by atoms with Gasteiger partial charge in [0, 0.05) is 11.1 Å². The summed E-state index contributed by atoms with van der Waals surface area (Å²) in [5, 5.41) is 8.52. The Balaban J connectivity index is 1.67. The number of carbonyl (C=O) groups is 1. The zero-order valence-corrected chi connectivity index (χ0v) is 16.4. The number of carbonyl (C=O) groups excluding carboxylic acids is 1. The van der Waals surface area contributed by atoms with Crippen LogP contribution >= 0.6 is 0 Å². The molecule has 0 aliphatic heterocycles. The van der Waals surface area contributed by atoms with E-state index in [0.717, 1.165) is 33.4 Å². The molecule has 0 fully saturated rings. The Labute approximate surface area is 164 Å². The number of pyridine rings is 1. The first-order chi connectivity index (χ1) is 13.4. The summed E-state index contributed by atoms with van der Waals surface area (Å²) >= 11 is 0. The van der Waals surface area contributed by atoms with Crippen LogP contribution in [0.25, 0.3) is 16.7 Å². The average Bonchev–Trinajstić information content (AvgIpc) is 3.05. The number of rotatable bonds is 3. The maximum atomic E-state index is 12.9. The molecule has 0 saturated carbocycles. The molecule has 1 amide bonds. The number of aryl methyl sites for hydroxylation is 3. The minimum Gasteiger partial charge on any atom is -0.321 e. The Bertz CT molecular complexity index is 1180. The van der Waals surface area contributed by atoms with Gasteiger partial charge in [0.15, 0.2) is 5.82 Å². The van der Waals surface area contributed by atoms with Gasteiger partial charge in [-0.3, -0.25) is 4.79 Å². The maximum absolute atomic E-state index is 12.9. The molecule has 140 valence electrons. The molecular formula is C23H22N4O. The Morgan fingerprint density at radius 2 is 1.68 bits per heavy atom. The van der Waals surface area contributed by atoms with Crippen LogP contribution in [0.3, 0.4) is 0 Å². The van der Waals surface area contributed by atoms with Crippen LogP contribution in [0.2, 0.25) is 0 Å². The number of amides is 1. The normalized spacial score (nSPS) is 11.0. The minimum atomic E-state index is -0.167. The number of aromatic nitrogens is 3. The minimum absolute atomic E-state index is 0.167. The van der Waals surface area contributed by atoms with Gasteiger partial charge in [0.05, 0.1) is 23.0 Å². The molecule has 4 rings (SSSR count). The van der Waals surface area contributed by atoms with Crippen LogP contribution in [0.1, 0.15) is 32.7 Å². The van der Waals surface area contributed by atoms with E-state index in [0.29, 0.717) is 11.4 Å². The number of hydrogen-bond acceptors (Lipinski definition) is 3. The summed E-state index contributed by atoms with van der Waals surface area (Å²) in [7, 11) is 0. The first-order valence-corrected chi connectivity index (χ1v) is 9.24. The molecule has 0 saturated heterocycles. The zero-order valence-electron chi connectivity index (χ0n) is 16.4. The second-order valence-corrected chi connectivity index (χ2v) is 7.15. The van der Waals surface area contributed by atoms with Crippen molar-refractivity contribution in [2.45, 2.75) is 27.7 Å². The van der Waals surface area contributed by atoms with Gasteiger partial charge in [0.25, 0.3) is 5.91 Å². The Morgan fingerprint density at radius 3 is 2.43 bits per heavy atom. The third-order valence-corrected chi connectivity index (χ3v) is 4.97. The topological polar surface area (TPSA) is 59.8 Å². The molecule has 0 unspecified atom stereocenters. The van der Waals surface area contributed by atoms with Gasteiger partial charge in [-0.2, -0.15) is 5.10 Å². The molecule has 4 aromatic rings. The zero-order chi connectivity index (χ0) is 19.8. The first-order valence-electron chi connectivity index (χ1n) is 9.24. The fourth-order valence-electron chi connectivity index (χ4n) is 3.59. The van der Waals surface area contributed by atoms with E-state index in [1.54, 1.807) is 10.9 Å². The van der Waals surface area contributed by atoms with E-state index in [1.165, 1.54) is 5.56 Å². The van der Waals surface area contributed by atoms with Gasteiger partial charge in [-0.1, -0.05) is 35.9 Å². The smallest absolute Gasteiger partial charge is 0.259 e. The van der Waals surface area contributed by atoms with Crippen LogP contribution in [0, 0.1) is 27.7 Å². The predicted molar refractivity (Wildman–Crippen MR) is 112 cm³/mol. The summed E-state index contributed by atoms with van der Waals surface area (Å²) in [5.74, 6) is 0.525. The fraction of sp³-hybridized carbons (Fsp3) is 0.174. The molecule has 2 aromatic carbocycles. The van der Waals surface area contributed by atoms with Crippen LogP contribution in [0.5, 0.6) is 0 Å². The van der Waals surface area contributed by atoms with Gasteiger partial charge in [0.2, 0.25) is 0 Å². The molecule has 5 nitrogen and oxygen atoms in total. The van der Waals surface area contributed by atoms with Crippen LogP contribution in [0.4, 0.5) is 5.69 Å². The molecule has 0 bridgehead atoms. The SMILES string of the molecule is Cc1cc(C)c(NC(=O)c2cnn(-c3ccc4ccccc4n3)c2C)c(C)c1. The van der Waals surface area contributed by atoms with Crippen molar-refractivity contribution in [3.8, 4) is 5.82 Å². The van der Waals surface area contributed by atoms with E-state index in [2.05, 4.69) is 34.5 Å². The van der Waals surface area contributed by atoms with E-state index in [-0.39, 0.29) is 5.91 Å². The molecule has 0 atom stereocenters. The fourth-order valence-corrected chi connectivity index (χ4v) is 3.59. The first kappa shape index (κ1) is 17.9. The highest BCUT2D eigenvalue weighted by atomic mass is 16.1. The third kappa shape index (κ3) is 3.16. The van der Waals surface area contributed by atoms with E-state index < -0.39 is 0 Å². The molecule has 0 aliphatic rings. The Hall–Kier alpha value is -3.47. The summed E-state index contributed by atoms with van der Waals surface area (Å²) in [6.45, 7) is 7.94. The van der Waals surface area contributed by atoms with Crippen LogP contribution in [0.15, 0.2) is 54.7 Å². The lowest BCUT2D eigenvalue weighted by Crippen LogP contribution is -2.15. The molecule has 1 N–H and O–H groups in total. The molecule has 0 spiro atoms. The van der Waals surface area contributed by atoms with Crippen molar-refractivity contribution in [1.29, 1.82) is 0 Å². The highest BCUT2D eigenvalue weighted by Gasteiger charge is 2.17. The maximum Gasteiger partial charge on any atom is 0.259 e. The predicted octanol–water partition coefficient (Wildman–Crippen LogP) is 4.91. The van der Waals surface area contributed by atoms with Crippen molar-refractivity contribution in [3.05, 3.63) is 82.7 Å². The van der Waals surface area contributed by atoms with Crippen LogP contribution in [-0.4, -0.2) is 20.7 Å². The molecule has 5 heteroatoms. The molecule has 28 heavy (non-hydrogen) atoms. The summed E-state index contributed by atoms with van der Waals surface area (Å²) in [5.41, 5.74) is 6.31. The van der Waals surface area contributed by atoms with Crippen molar-refractivity contribution in [1.82, 2.24) is 14.8 Å². The average molecular weight is 370 g/mol. The molecular weight excluding hydrogens is 348 g/mol. The number of benzene rings is 2.